The monoisotopic (exact) mass is 269 g/mol. The first kappa shape index (κ1) is 14.6. The fourth-order valence-corrected chi connectivity index (χ4v) is 2.32. The minimum Gasteiger partial charge on any atom is -0.493 e. The molecule has 0 radical (unpaired) electrons. The third-order valence-electron chi connectivity index (χ3n) is 3.57. The molecular weight excluding hydrogens is 246 g/mol. The van der Waals surface area contributed by atoms with E-state index in [2.05, 4.69) is 49.9 Å². The first-order valence-corrected chi connectivity index (χ1v) is 7.26. The number of benzene rings is 2. The summed E-state index contributed by atoms with van der Waals surface area (Å²) in [6, 6.07) is 12.7. The molecule has 0 amide bonds. The van der Waals surface area contributed by atoms with Crippen LogP contribution < -0.4 is 10.5 Å². The lowest BCUT2D eigenvalue weighted by atomic mass is 9.97. The smallest absolute Gasteiger partial charge is 0.123 e. The summed E-state index contributed by atoms with van der Waals surface area (Å²) in [5, 5.41) is 2.48. The Kier molecular flexibility index (Phi) is 5.19. The van der Waals surface area contributed by atoms with Crippen molar-refractivity contribution in [2.75, 3.05) is 6.61 Å². The molecule has 1 atom stereocenters. The molecule has 0 aliphatic carbocycles. The molecule has 0 saturated heterocycles. The highest BCUT2D eigenvalue weighted by molar-refractivity contribution is 5.87. The van der Waals surface area contributed by atoms with E-state index in [0.29, 0.717) is 6.61 Å². The summed E-state index contributed by atoms with van der Waals surface area (Å²) < 4.78 is 5.90. The van der Waals surface area contributed by atoms with Gasteiger partial charge in [-0.3, -0.25) is 0 Å². The van der Waals surface area contributed by atoms with E-state index in [4.69, 9.17) is 10.5 Å². The van der Waals surface area contributed by atoms with Crippen molar-refractivity contribution in [1.29, 1.82) is 0 Å². The average molecular weight is 269 g/mol. The SMILES string of the molecule is C=CCCOc1ccc2ccccc2c1CC(N)CC. The van der Waals surface area contributed by atoms with E-state index in [1.54, 1.807) is 0 Å². The average Bonchev–Trinajstić information content (AvgIpc) is 2.49. The molecule has 0 aromatic heterocycles. The fourth-order valence-electron chi connectivity index (χ4n) is 2.32. The van der Waals surface area contributed by atoms with Gasteiger partial charge in [0.15, 0.2) is 0 Å². The van der Waals surface area contributed by atoms with E-state index in [1.165, 1.54) is 16.3 Å². The highest BCUT2D eigenvalue weighted by Crippen LogP contribution is 2.29. The zero-order valence-corrected chi connectivity index (χ0v) is 12.1. The van der Waals surface area contributed by atoms with Crippen LogP contribution in [0.15, 0.2) is 49.1 Å². The number of ether oxygens (including phenoxy) is 1. The van der Waals surface area contributed by atoms with Gasteiger partial charge in [0, 0.05) is 11.6 Å². The zero-order valence-electron chi connectivity index (χ0n) is 12.1. The maximum absolute atomic E-state index is 6.15. The van der Waals surface area contributed by atoms with Crippen LogP contribution in [0.1, 0.15) is 25.3 Å². The van der Waals surface area contributed by atoms with Gasteiger partial charge in [0.05, 0.1) is 6.61 Å². The summed E-state index contributed by atoms with van der Waals surface area (Å²) in [4.78, 5) is 0. The van der Waals surface area contributed by atoms with Crippen LogP contribution in [0, 0.1) is 0 Å². The van der Waals surface area contributed by atoms with Gasteiger partial charge in [-0.2, -0.15) is 0 Å². The highest BCUT2D eigenvalue weighted by Gasteiger charge is 2.11. The van der Waals surface area contributed by atoms with E-state index in [9.17, 15) is 0 Å². The minimum absolute atomic E-state index is 0.169. The second kappa shape index (κ2) is 7.11. The van der Waals surface area contributed by atoms with E-state index in [0.717, 1.165) is 25.0 Å². The standard InChI is InChI=1S/C18H23NO/c1-3-5-12-20-18-11-10-14-8-6-7-9-16(14)17(18)13-15(19)4-2/h3,6-11,15H,1,4-5,12-13,19H2,2H3. The van der Waals surface area contributed by atoms with Crippen LogP contribution in [-0.4, -0.2) is 12.6 Å². The zero-order chi connectivity index (χ0) is 14.4. The molecule has 0 heterocycles. The number of nitrogens with two attached hydrogens (primary N) is 1. The fraction of sp³-hybridized carbons (Fsp3) is 0.333. The molecule has 2 heteroatoms. The van der Waals surface area contributed by atoms with Crippen LogP contribution in [0.2, 0.25) is 0 Å². The van der Waals surface area contributed by atoms with Gasteiger partial charge in [-0.25, -0.2) is 0 Å². The van der Waals surface area contributed by atoms with E-state index in [1.807, 2.05) is 6.08 Å². The summed E-state index contributed by atoms with van der Waals surface area (Å²) in [6.45, 7) is 6.51. The van der Waals surface area contributed by atoms with Crippen molar-refractivity contribution in [2.24, 2.45) is 5.73 Å². The lowest BCUT2D eigenvalue weighted by molar-refractivity contribution is 0.321. The molecule has 1 unspecified atom stereocenters. The van der Waals surface area contributed by atoms with Gasteiger partial charge in [-0.15, -0.1) is 6.58 Å². The third kappa shape index (κ3) is 3.40. The molecule has 0 spiro atoms. The highest BCUT2D eigenvalue weighted by atomic mass is 16.5. The third-order valence-corrected chi connectivity index (χ3v) is 3.57. The molecule has 0 aliphatic heterocycles. The van der Waals surface area contributed by atoms with Crippen LogP contribution in [0.25, 0.3) is 10.8 Å². The Labute approximate surface area is 121 Å². The van der Waals surface area contributed by atoms with Crippen molar-refractivity contribution >= 4 is 10.8 Å². The lowest BCUT2D eigenvalue weighted by Gasteiger charge is -2.16. The summed E-state index contributed by atoms with van der Waals surface area (Å²) in [7, 11) is 0. The van der Waals surface area contributed by atoms with Gasteiger partial charge in [-0.1, -0.05) is 43.3 Å². The molecule has 0 saturated carbocycles. The molecule has 0 bridgehead atoms. The molecular formula is C18H23NO. The van der Waals surface area contributed by atoms with E-state index in [-0.39, 0.29) is 6.04 Å². The van der Waals surface area contributed by atoms with E-state index < -0.39 is 0 Å². The van der Waals surface area contributed by atoms with Gasteiger partial charge in [0.1, 0.15) is 5.75 Å². The number of fused-ring (bicyclic) bond motifs is 1. The second-order valence-corrected chi connectivity index (χ2v) is 5.06. The first-order valence-electron chi connectivity index (χ1n) is 7.26. The molecule has 2 nitrogen and oxygen atoms in total. The van der Waals surface area contributed by atoms with Crippen molar-refractivity contribution < 1.29 is 4.74 Å². The minimum atomic E-state index is 0.169. The van der Waals surface area contributed by atoms with Gasteiger partial charge < -0.3 is 10.5 Å². The maximum Gasteiger partial charge on any atom is 0.123 e. The van der Waals surface area contributed by atoms with Gasteiger partial charge in [0.25, 0.3) is 0 Å². The Hall–Kier alpha value is -1.80. The van der Waals surface area contributed by atoms with Crippen LogP contribution in [0.5, 0.6) is 5.75 Å². The van der Waals surface area contributed by atoms with Crippen molar-refractivity contribution in [3.8, 4) is 5.75 Å². The van der Waals surface area contributed by atoms with Gasteiger partial charge in [-0.05, 0) is 36.1 Å². The molecule has 2 N–H and O–H groups in total. The quantitative estimate of drug-likeness (QED) is 0.607. The van der Waals surface area contributed by atoms with Crippen molar-refractivity contribution in [1.82, 2.24) is 0 Å². The summed E-state index contributed by atoms with van der Waals surface area (Å²) in [6.07, 6.45) is 4.54. The molecule has 0 fully saturated rings. The predicted molar refractivity (Wildman–Crippen MR) is 86.2 cm³/mol. The van der Waals surface area contributed by atoms with Crippen molar-refractivity contribution in [2.45, 2.75) is 32.2 Å². The maximum atomic E-state index is 6.15. The van der Waals surface area contributed by atoms with Gasteiger partial charge >= 0.3 is 0 Å². The Morgan fingerprint density at radius 3 is 2.80 bits per heavy atom. The lowest BCUT2D eigenvalue weighted by Crippen LogP contribution is -2.22. The predicted octanol–water partition coefficient (Wildman–Crippen LogP) is 4.07. The number of hydrogen-bond acceptors (Lipinski definition) is 2. The van der Waals surface area contributed by atoms with Crippen LogP contribution in [0.4, 0.5) is 0 Å². The second-order valence-electron chi connectivity index (χ2n) is 5.06. The van der Waals surface area contributed by atoms with E-state index >= 15 is 0 Å². The van der Waals surface area contributed by atoms with Crippen LogP contribution in [0.3, 0.4) is 0 Å². The normalized spacial score (nSPS) is 12.3. The Balaban J connectivity index is 2.38. The Morgan fingerprint density at radius 1 is 1.25 bits per heavy atom. The van der Waals surface area contributed by atoms with Gasteiger partial charge in [0.2, 0.25) is 0 Å². The molecule has 2 rings (SSSR count). The first-order chi connectivity index (χ1) is 9.76. The molecule has 2 aromatic carbocycles. The summed E-state index contributed by atoms with van der Waals surface area (Å²) in [5.74, 6) is 0.953. The summed E-state index contributed by atoms with van der Waals surface area (Å²) in [5.41, 5.74) is 7.37. The van der Waals surface area contributed by atoms with Crippen LogP contribution >= 0.6 is 0 Å². The largest absolute Gasteiger partial charge is 0.493 e. The molecule has 0 aliphatic rings. The Morgan fingerprint density at radius 2 is 2.05 bits per heavy atom. The van der Waals surface area contributed by atoms with Crippen molar-refractivity contribution in [3.05, 3.63) is 54.6 Å². The summed E-state index contributed by atoms with van der Waals surface area (Å²) >= 11 is 0. The number of hydrogen-bond donors (Lipinski definition) is 1. The molecule has 2 aromatic rings. The molecule has 106 valence electrons. The molecule has 20 heavy (non-hydrogen) atoms. The Bertz CT molecular complexity index is 577. The van der Waals surface area contributed by atoms with Crippen molar-refractivity contribution in [3.63, 3.8) is 0 Å². The van der Waals surface area contributed by atoms with Crippen LogP contribution in [-0.2, 0) is 6.42 Å². The number of rotatable bonds is 7. The topological polar surface area (TPSA) is 35.2 Å².